The number of hydrogen-bond donors (Lipinski definition) is 0. The molecule has 0 spiro atoms. The highest BCUT2D eigenvalue weighted by molar-refractivity contribution is 5.99. The third-order valence-electron chi connectivity index (χ3n) is 5.39. The van der Waals surface area contributed by atoms with Crippen LogP contribution >= 0.6 is 0 Å². The van der Waals surface area contributed by atoms with Crippen molar-refractivity contribution in [3.8, 4) is 11.3 Å². The average molecular weight is 362 g/mol. The molecule has 0 N–H and O–H groups in total. The van der Waals surface area contributed by atoms with E-state index in [1.165, 1.54) is 5.56 Å². The lowest BCUT2D eigenvalue weighted by Crippen LogP contribution is -2.50. The van der Waals surface area contributed by atoms with E-state index >= 15 is 0 Å². The standard InChI is InChI=1S/C22H26N4O/c1-16(2)24-12-14-25(15-13-24)22(27)20-21(18-9-7-17(3)8-10-18)26-11-5-4-6-19(26)23-20/h4-11,16H,12-15H2,1-3H3. The van der Waals surface area contributed by atoms with Gasteiger partial charge in [-0.05, 0) is 32.9 Å². The van der Waals surface area contributed by atoms with Crippen LogP contribution in [0.4, 0.5) is 0 Å². The zero-order valence-corrected chi connectivity index (χ0v) is 16.2. The molecule has 3 heterocycles. The molecule has 1 amide bonds. The highest BCUT2D eigenvalue weighted by atomic mass is 16.2. The Balaban J connectivity index is 1.72. The van der Waals surface area contributed by atoms with Crippen molar-refractivity contribution in [1.29, 1.82) is 0 Å². The van der Waals surface area contributed by atoms with Gasteiger partial charge in [0.15, 0.2) is 5.69 Å². The van der Waals surface area contributed by atoms with E-state index in [0.29, 0.717) is 11.7 Å². The van der Waals surface area contributed by atoms with Crippen LogP contribution < -0.4 is 0 Å². The number of aryl methyl sites for hydroxylation is 1. The van der Waals surface area contributed by atoms with Crippen molar-refractivity contribution in [1.82, 2.24) is 19.2 Å². The zero-order chi connectivity index (χ0) is 19.0. The van der Waals surface area contributed by atoms with Crippen LogP contribution in [0, 0.1) is 6.92 Å². The summed E-state index contributed by atoms with van der Waals surface area (Å²) in [5.74, 6) is 0.0256. The highest BCUT2D eigenvalue weighted by Gasteiger charge is 2.28. The molecule has 3 aromatic rings. The number of pyridine rings is 1. The molecule has 0 saturated carbocycles. The largest absolute Gasteiger partial charge is 0.335 e. The van der Waals surface area contributed by atoms with Gasteiger partial charge in [0.25, 0.3) is 5.91 Å². The minimum absolute atomic E-state index is 0.0256. The Kier molecular flexibility index (Phi) is 4.70. The molecule has 0 bridgehead atoms. The van der Waals surface area contributed by atoms with Crippen molar-refractivity contribution in [3.63, 3.8) is 0 Å². The van der Waals surface area contributed by atoms with Gasteiger partial charge in [-0.25, -0.2) is 4.98 Å². The van der Waals surface area contributed by atoms with Crippen LogP contribution in [-0.4, -0.2) is 57.3 Å². The SMILES string of the molecule is Cc1ccc(-c2c(C(=O)N3CCN(C(C)C)CC3)nc3ccccn23)cc1. The van der Waals surface area contributed by atoms with Crippen molar-refractivity contribution in [3.05, 3.63) is 59.9 Å². The van der Waals surface area contributed by atoms with E-state index in [2.05, 4.69) is 49.9 Å². The Morgan fingerprint density at radius 3 is 2.37 bits per heavy atom. The van der Waals surface area contributed by atoms with Crippen LogP contribution in [0.25, 0.3) is 16.9 Å². The number of piperazine rings is 1. The summed E-state index contributed by atoms with van der Waals surface area (Å²) in [6, 6.07) is 14.7. The lowest BCUT2D eigenvalue weighted by atomic mass is 10.1. The van der Waals surface area contributed by atoms with Gasteiger partial charge in [-0.2, -0.15) is 0 Å². The first-order chi connectivity index (χ1) is 13.0. The summed E-state index contributed by atoms with van der Waals surface area (Å²) in [6.07, 6.45) is 1.98. The number of nitrogens with zero attached hydrogens (tertiary/aromatic N) is 4. The summed E-state index contributed by atoms with van der Waals surface area (Å²) in [7, 11) is 0. The van der Waals surface area contributed by atoms with Gasteiger partial charge in [-0.3, -0.25) is 14.1 Å². The number of carbonyl (C=O) groups is 1. The molecule has 1 fully saturated rings. The summed E-state index contributed by atoms with van der Waals surface area (Å²) in [4.78, 5) is 22.4. The molecule has 2 aromatic heterocycles. The lowest BCUT2D eigenvalue weighted by molar-refractivity contribution is 0.0591. The summed E-state index contributed by atoms with van der Waals surface area (Å²) in [5, 5.41) is 0. The van der Waals surface area contributed by atoms with E-state index in [9.17, 15) is 4.79 Å². The lowest BCUT2D eigenvalue weighted by Gasteiger charge is -2.36. The number of carbonyl (C=O) groups excluding carboxylic acids is 1. The van der Waals surface area contributed by atoms with Crippen LogP contribution in [0.2, 0.25) is 0 Å². The van der Waals surface area contributed by atoms with Crippen LogP contribution in [0.3, 0.4) is 0 Å². The van der Waals surface area contributed by atoms with Gasteiger partial charge in [-0.1, -0.05) is 35.9 Å². The normalized spacial score (nSPS) is 15.6. The van der Waals surface area contributed by atoms with Crippen LogP contribution in [0.5, 0.6) is 0 Å². The fourth-order valence-corrected chi connectivity index (χ4v) is 3.72. The first-order valence-electron chi connectivity index (χ1n) is 9.62. The number of amides is 1. The number of rotatable bonds is 3. The topological polar surface area (TPSA) is 40.9 Å². The third-order valence-corrected chi connectivity index (χ3v) is 5.39. The van der Waals surface area contributed by atoms with E-state index < -0.39 is 0 Å². The second kappa shape index (κ2) is 7.16. The smallest absolute Gasteiger partial charge is 0.274 e. The molecule has 1 aromatic carbocycles. The maximum absolute atomic E-state index is 13.3. The maximum atomic E-state index is 13.3. The van der Waals surface area contributed by atoms with Crippen LogP contribution in [0.1, 0.15) is 29.9 Å². The number of fused-ring (bicyclic) bond motifs is 1. The monoisotopic (exact) mass is 362 g/mol. The summed E-state index contributed by atoms with van der Waals surface area (Å²) < 4.78 is 2.02. The third kappa shape index (κ3) is 3.35. The van der Waals surface area contributed by atoms with E-state index in [-0.39, 0.29) is 5.91 Å². The molecule has 4 rings (SSSR count). The van der Waals surface area contributed by atoms with Gasteiger partial charge in [0.2, 0.25) is 0 Å². The van der Waals surface area contributed by atoms with Crippen molar-refractivity contribution < 1.29 is 4.79 Å². The predicted molar refractivity (Wildman–Crippen MR) is 108 cm³/mol. The average Bonchev–Trinajstić information content (AvgIpc) is 3.07. The second-order valence-electron chi connectivity index (χ2n) is 7.53. The summed E-state index contributed by atoms with van der Waals surface area (Å²) in [6.45, 7) is 9.80. The number of aromatic nitrogens is 2. The molecule has 27 heavy (non-hydrogen) atoms. The summed E-state index contributed by atoms with van der Waals surface area (Å²) in [5.41, 5.74) is 4.44. The number of benzene rings is 1. The van der Waals surface area contributed by atoms with E-state index in [4.69, 9.17) is 4.98 Å². The Morgan fingerprint density at radius 2 is 1.70 bits per heavy atom. The van der Waals surface area contributed by atoms with Crippen molar-refractivity contribution in [2.75, 3.05) is 26.2 Å². The molecule has 0 atom stereocenters. The van der Waals surface area contributed by atoms with Gasteiger partial charge in [0, 0.05) is 44.0 Å². The molecular weight excluding hydrogens is 336 g/mol. The van der Waals surface area contributed by atoms with Crippen LogP contribution in [0.15, 0.2) is 48.7 Å². The Hall–Kier alpha value is -2.66. The quantitative estimate of drug-likeness (QED) is 0.716. The van der Waals surface area contributed by atoms with Gasteiger partial charge >= 0.3 is 0 Å². The molecule has 1 aliphatic rings. The molecule has 1 saturated heterocycles. The first-order valence-corrected chi connectivity index (χ1v) is 9.62. The molecule has 0 aliphatic carbocycles. The van der Waals surface area contributed by atoms with Crippen molar-refractivity contribution in [2.45, 2.75) is 26.8 Å². The van der Waals surface area contributed by atoms with Crippen molar-refractivity contribution >= 4 is 11.6 Å². The first kappa shape index (κ1) is 17.7. The maximum Gasteiger partial charge on any atom is 0.274 e. The van der Waals surface area contributed by atoms with E-state index in [1.807, 2.05) is 33.7 Å². The van der Waals surface area contributed by atoms with Crippen LogP contribution in [-0.2, 0) is 0 Å². The van der Waals surface area contributed by atoms with E-state index in [0.717, 1.165) is 43.1 Å². The molecule has 5 heteroatoms. The molecule has 140 valence electrons. The van der Waals surface area contributed by atoms with Gasteiger partial charge in [0.1, 0.15) is 5.65 Å². The minimum Gasteiger partial charge on any atom is -0.335 e. The Bertz CT molecular complexity index is 950. The molecular formula is C22H26N4O. The highest BCUT2D eigenvalue weighted by Crippen LogP contribution is 2.27. The van der Waals surface area contributed by atoms with Crippen molar-refractivity contribution in [2.24, 2.45) is 0 Å². The molecule has 0 unspecified atom stereocenters. The van der Waals surface area contributed by atoms with Gasteiger partial charge in [0.05, 0.1) is 5.69 Å². The minimum atomic E-state index is 0.0256. The zero-order valence-electron chi connectivity index (χ0n) is 16.2. The second-order valence-corrected chi connectivity index (χ2v) is 7.53. The van der Waals surface area contributed by atoms with E-state index in [1.54, 1.807) is 0 Å². The Morgan fingerprint density at radius 1 is 1.00 bits per heavy atom. The van der Waals surface area contributed by atoms with Gasteiger partial charge < -0.3 is 4.90 Å². The number of imidazole rings is 1. The summed E-state index contributed by atoms with van der Waals surface area (Å²) >= 11 is 0. The Labute approximate surface area is 160 Å². The predicted octanol–water partition coefficient (Wildman–Crippen LogP) is 3.48. The van der Waals surface area contributed by atoms with Gasteiger partial charge in [-0.15, -0.1) is 0 Å². The fourth-order valence-electron chi connectivity index (χ4n) is 3.72. The molecule has 0 radical (unpaired) electrons. The molecule has 1 aliphatic heterocycles. The number of hydrogen-bond acceptors (Lipinski definition) is 3. The fraction of sp³-hybridized carbons (Fsp3) is 0.364. The molecule has 5 nitrogen and oxygen atoms in total.